The van der Waals surface area contributed by atoms with Crippen LogP contribution in [0.2, 0.25) is 0 Å². The lowest BCUT2D eigenvalue weighted by Gasteiger charge is -2.21. The quantitative estimate of drug-likeness (QED) is 0.583. The van der Waals surface area contributed by atoms with Gasteiger partial charge in [-0.1, -0.05) is 30.3 Å². The molecule has 0 bridgehead atoms. The average Bonchev–Trinajstić information content (AvgIpc) is 2.50. The molecule has 0 saturated heterocycles. The molecule has 0 aliphatic heterocycles. The van der Waals surface area contributed by atoms with Crippen LogP contribution in [0.1, 0.15) is 45.6 Å². The molecule has 132 valence electrons. The summed E-state index contributed by atoms with van der Waals surface area (Å²) in [6.07, 6.45) is 0.637. The number of esters is 1. The third-order valence-corrected chi connectivity index (χ3v) is 3.03. The van der Waals surface area contributed by atoms with Crippen molar-refractivity contribution < 1.29 is 23.9 Å². The number of ether oxygens (including phenoxy) is 2. The molecule has 0 unspecified atom stereocenters. The van der Waals surface area contributed by atoms with Gasteiger partial charge in [0.2, 0.25) is 0 Å². The van der Waals surface area contributed by atoms with E-state index in [4.69, 9.17) is 9.47 Å². The van der Waals surface area contributed by atoms with Gasteiger partial charge in [0.05, 0.1) is 0 Å². The van der Waals surface area contributed by atoms with Crippen LogP contribution in [-0.4, -0.2) is 30.0 Å². The highest BCUT2D eigenvalue weighted by atomic mass is 16.6. The zero-order valence-electron chi connectivity index (χ0n) is 14.4. The van der Waals surface area contributed by atoms with Gasteiger partial charge in [-0.15, -0.1) is 0 Å². The largest absolute Gasteiger partial charge is 0.460 e. The van der Waals surface area contributed by atoms with Crippen molar-refractivity contribution in [2.45, 2.75) is 58.3 Å². The summed E-state index contributed by atoms with van der Waals surface area (Å²) < 4.78 is 10.3. The van der Waals surface area contributed by atoms with Crippen molar-refractivity contribution in [1.82, 2.24) is 5.32 Å². The van der Waals surface area contributed by atoms with E-state index in [2.05, 4.69) is 5.32 Å². The molecule has 0 aromatic heterocycles. The average molecular weight is 335 g/mol. The number of nitrogens with one attached hydrogen (secondary N) is 1. The maximum Gasteiger partial charge on any atom is 0.407 e. The van der Waals surface area contributed by atoms with E-state index in [-0.39, 0.29) is 25.4 Å². The van der Waals surface area contributed by atoms with Crippen LogP contribution >= 0.6 is 0 Å². The number of hydrogen-bond acceptors (Lipinski definition) is 5. The topological polar surface area (TPSA) is 81.7 Å². The summed E-state index contributed by atoms with van der Waals surface area (Å²) >= 11 is 0. The van der Waals surface area contributed by atoms with Crippen molar-refractivity contribution >= 4 is 18.3 Å². The van der Waals surface area contributed by atoms with Crippen LogP contribution < -0.4 is 5.32 Å². The normalized spacial score (nSPS) is 12.1. The molecule has 0 saturated carbocycles. The summed E-state index contributed by atoms with van der Waals surface area (Å²) in [5, 5.41) is 2.61. The second kappa shape index (κ2) is 9.70. The molecule has 1 N–H and O–H groups in total. The van der Waals surface area contributed by atoms with Gasteiger partial charge in [0.1, 0.15) is 18.5 Å². The Bertz CT molecular complexity index is 536. The first-order chi connectivity index (χ1) is 11.3. The van der Waals surface area contributed by atoms with E-state index in [0.29, 0.717) is 12.7 Å². The van der Waals surface area contributed by atoms with Gasteiger partial charge in [-0.05, 0) is 32.8 Å². The highest BCUT2D eigenvalue weighted by Gasteiger charge is 2.19. The minimum absolute atomic E-state index is 0.114. The highest BCUT2D eigenvalue weighted by Crippen LogP contribution is 2.11. The molecule has 0 spiro atoms. The van der Waals surface area contributed by atoms with Crippen molar-refractivity contribution in [3.8, 4) is 0 Å². The molecule has 1 rings (SSSR count). The molecule has 1 aromatic rings. The molecule has 6 heteroatoms. The Morgan fingerprint density at radius 2 is 1.88 bits per heavy atom. The third-order valence-electron chi connectivity index (χ3n) is 3.03. The fourth-order valence-corrected chi connectivity index (χ4v) is 1.98. The molecular weight excluding hydrogens is 310 g/mol. The van der Waals surface area contributed by atoms with Gasteiger partial charge in [-0.25, -0.2) is 4.79 Å². The Hall–Kier alpha value is -2.37. The number of aldehydes is 1. The molecular formula is C18H25NO5. The summed E-state index contributed by atoms with van der Waals surface area (Å²) in [5.74, 6) is -0.363. The molecule has 6 nitrogen and oxygen atoms in total. The minimum Gasteiger partial charge on any atom is -0.460 e. The molecule has 1 amide bonds. The summed E-state index contributed by atoms with van der Waals surface area (Å²) in [7, 11) is 0. The first-order valence-corrected chi connectivity index (χ1v) is 7.93. The number of benzene rings is 1. The second-order valence-electron chi connectivity index (χ2n) is 6.43. The van der Waals surface area contributed by atoms with Crippen molar-refractivity contribution in [3.05, 3.63) is 35.9 Å². The van der Waals surface area contributed by atoms with Gasteiger partial charge in [-0.2, -0.15) is 0 Å². The maximum atomic E-state index is 11.8. The van der Waals surface area contributed by atoms with E-state index in [9.17, 15) is 14.4 Å². The van der Waals surface area contributed by atoms with Crippen molar-refractivity contribution in [1.29, 1.82) is 0 Å². The lowest BCUT2D eigenvalue weighted by atomic mass is 10.1. The van der Waals surface area contributed by atoms with Crippen molar-refractivity contribution in [3.63, 3.8) is 0 Å². The molecule has 0 aliphatic carbocycles. The number of rotatable bonds is 8. The fourth-order valence-electron chi connectivity index (χ4n) is 1.98. The molecule has 1 aromatic carbocycles. The number of alkyl carbamates (subject to hydrolysis) is 1. The third kappa shape index (κ3) is 8.92. The Labute approximate surface area is 142 Å². The van der Waals surface area contributed by atoms with Gasteiger partial charge in [-0.3, -0.25) is 4.79 Å². The van der Waals surface area contributed by atoms with E-state index in [1.165, 1.54) is 0 Å². The summed E-state index contributed by atoms with van der Waals surface area (Å²) in [4.78, 5) is 34.3. The Balaban J connectivity index is 2.40. The van der Waals surface area contributed by atoms with E-state index in [1.807, 2.05) is 30.3 Å². The summed E-state index contributed by atoms with van der Waals surface area (Å²) in [6, 6.07) is 8.81. The van der Waals surface area contributed by atoms with Crippen LogP contribution in [0.25, 0.3) is 0 Å². The van der Waals surface area contributed by atoms with Crippen LogP contribution in [0.3, 0.4) is 0 Å². The van der Waals surface area contributed by atoms with Crippen LogP contribution in [-0.2, 0) is 25.7 Å². The SMILES string of the molecule is CC(C)(C)OC(=O)CC[C@@H](CC=O)NC(=O)OCc1ccccc1. The number of hydrogen-bond donors (Lipinski definition) is 1. The first-order valence-electron chi connectivity index (χ1n) is 7.93. The Morgan fingerprint density at radius 3 is 2.46 bits per heavy atom. The molecule has 0 aliphatic rings. The van der Waals surface area contributed by atoms with Gasteiger partial charge >= 0.3 is 12.1 Å². The monoisotopic (exact) mass is 335 g/mol. The van der Waals surface area contributed by atoms with Gasteiger partial charge in [0.25, 0.3) is 0 Å². The predicted molar refractivity (Wildman–Crippen MR) is 89.3 cm³/mol. The maximum absolute atomic E-state index is 11.8. The van der Waals surface area contributed by atoms with E-state index < -0.39 is 17.7 Å². The molecule has 0 heterocycles. The van der Waals surface area contributed by atoms with E-state index >= 15 is 0 Å². The van der Waals surface area contributed by atoms with Gasteiger partial charge in [0.15, 0.2) is 0 Å². The molecule has 0 radical (unpaired) electrons. The predicted octanol–water partition coefficient (Wildman–Crippen LogP) is 2.99. The Morgan fingerprint density at radius 1 is 1.21 bits per heavy atom. The van der Waals surface area contributed by atoms with Gasteiger partial charge < -0.3 is 19.6 Å². The first kappa shape index (κ1) is 19.7. The lowest BCUT2D eigenvalue weighted by molar-refractivity contribution is -0.155. The number of amides is 1. The van der Waals surface area contributed by atoms with E-state index in [1.54, 1.807) is 20.8 Å². The minimum atomic E-state index is -0.616. The van der Waals surface area contributed by atoms with Crippen LogP contribution in [0, 0.1) is 0 Å². The second-order valence-corrected chi connectivity index (χ2v) is 6.43. The number of carbonyl (C=O) groups excluding carboxylic acids is 3. The Kier molecular flexibility index (Phi) is 7.95. The summed E-state index contributed by atoms with van der Waals surface area (Å²) in [5.41, 5.74) is 0.313. The standard InChI is InChI=1S/C18H25NO5/c1-18(2,3)24-16(21)10-9-15(11-12-20)19-17(22)23-13-14-7-5-4-6-8-14/h4-8,12,15H,9-11,13H2,1-3H3,(H,19,22)/t15-/m0/s1. The zero-order chi connectivity index (χ0) is 18.0. The van der Waals surface area contributed by atoms with Crippen LogP contribution in [0.15, 0.2) is 30.3 Å². The molecule has 0 fully saturated rings. The smallest absolute Gasteiger partial charge is 0.407 e. The lowest BCUT2D eigenvalue weighted by Crippen LogP contribution is -2.36. The zero-order valence-corrected chi connectivity index (χ0v) is 14.4. The van der Waals surface area contributed by atoms with Crippen LogP contribution in [0.5, 0.6) is 0 Å². The van der Waals surface area contributed by atoms with Crippen molar-refractivity contribution in [2.75, 3.05) is 0 Å². The van der Waals surface area contributed by atoms with Crippen molar-refractivity contribution in [2.24, 2.45) is 0 Å². The highest BCUT2D eigenvalue weighted by molar-refractivity contribution is 5.71. The van der Waals surface area contributed by atoms with Gasteiger partial charge in [0, 0.05) is 18.9 Å². The summed E-state index contributed by atoms with van der Waals surface area (Å²) in [6.45, 7) is 5.50. The molecule has 1 atom stereocenters. The van der Waals surface area contributed by atoms with Crippen LogP contribution in [0.4, 0.5) is 4.79 Å². The fraction of sp³-hybridized carbons (Fsp3) is 0.500. The molecule has 24 heavy (non-hydrogen) atoms. The number of carbonyl (C=O) groups is 3. The van der Waals surface area contributed by atoms with E-state index in [0.717, 1.165) is 5.56 Å².